The van der Waals surface area contributed by atoms with Gasteiger partial charge in [0.25, 0.3) is 0 Å². The molecular weight excluding hydrogens is 474 g/mol. The summed E-state index contributed by atoms with van der Waals surface area (Å²) < 4.78 is 20.6. The highest BCUT2D eigenvalue weighted by atomic mass is 16.8. The van der Waals surface area contributed by atoms with Crippen molar-refractivity contribution in [2.75, 3.05) is 11.9 Å². The number of aliphatic carboxylic acids is 1. The fourth-order valence-electron chi connectivity index (χ4n) is 9.11. The van der Waals surface area contributed by atoms with Crippen molar-refractivity contribution in [3.63, 3.8) is 0 Å². The average molecular weight is 510 g/mol. The number of fused-ring (bicyclic) bond motifs is 2. The molecule has 2 aromatic rings. The van der Waals surface area contributed by atoms with E-state index in [0.29, 0.717) is 16.6 Å². The molecule has 2 saturated heterocycles. The van der Waals surface area contributed by atoms with Crippen LogP contribution in [0.5, 0.6) is 0 Å². The summed E-state index contributed by atoms with van der Waals surface area (Å²) in [6.45, 7) is 0.917. The molecule has 0 aromatic carbocycles. The number of hydrogen-bond acceptors (Lipinski definition) is 8. The number of carboxylic acid groups (broad SMARTS) is 1. The van der Waals surface area contributed by atoms with Gasteiger partial charge in [0.1, 0.15) is 18.5 Å². The minimum Gasteiger partial charge on any atom is -0.479 e. The SMILES string of the molecule is O=C(O)[C@H]1O[C@@H](n2cnc3c(NCC45CC6CC(CC(C6)C4)C5)ncnc32)C2OC3(CCCCC3)O[C@H]21. The Bertz CT molecular complexity index is 1190. The molecule has 7 fully saturated rings. The van der Waals surface area contributed by atoms with E-state index < -0.39 is 36.3 Å². The van der Waals surface area contributed by atoms with Gasteiger partial charge in [-0.2, -0.15) is 0 Å². The van der Waals surface area contributed by atoms with Gasteiger partial charge < -0.3 is 24.6 Å². The normalized spacial score (nSPS) is 41.5. The van der Waals surface area contributed by atoms with E-state index in [-0.39, 0.29) is 0 Å². The Morgan fingerprint density at radius 2 is 1.70 bits per heavy atom. The average Bonchev–Trinajstić information content (AvgIpc) is 3.54. The van der Waals surface area contributed by atoms with Gasteiger partial charge >= 0.3 is 5.97 Å². The molecule has 1 spiro atoms. The topological polar surface area (TPSA) is 121 Å². The zero-order valence-electron chi connectivity index (χ0n) is 21.1. The highest BCUT2D eigenvalue weighted by molar-refractivity contribution is 5.82. The molecule has 5 saturated carbocycles. The molecule has 5 aliphatic carbocycles. The highest BCUT2D eigenvalue weighted by Crippen LogP contribution is 2.60. The first-order valence-electron chi connectivity index (χ1n) is 14.2. The number of ether oxygens (including phenoxy) is 3. The lowest BCUT2D eigenvalue weighted by Gasteiger charge is -2.57. The molecular formula is C27H35N5O5. The van der Waals surface area contributed by atoms with E-state index in [1.54, 1.807) is 17.2 Å². The molecule has 198 valence electrons. The predicted molar refractivity (Wildman–Crippen MR) is 132 cm³/mol. The molecule has 7 aliphatic rings. The minimum absolute atomic E-state index is 0.369. The fourth-order valence-corrected chi connectivity index (χ4v) is 9.11. The maximum Gasteiger partial charge on any atom is 0.335 e. The van der Waals surface area contributed by atoms with Gasteiger partial charge in [-0.15, -0.1) is 0 Å². The molecule has 4 atom stereocenters. The Labute approximate surface area is 215 Å². The van der Waals surface area contributed by atoms with Crippen LogP contribution in [0, 0.1) is 23.2 Å². The third kappa shape index (κ3) is 3.55. The van der Waals surface area contributed by atoms with Crippen molar-refractivity contribution in [1.82, 2.24) is 19.5 Å². The Morgan fingerprint density at radius 3 is 2.41 bits per heavy atom. The highest BCUT2D eigenvalue weighted by Gasteiger charge is 2.61. The smallest absolute Gasteiger partial charge is 0.335 e. The van der Waals surface area contributed by atoms with E-state index in [1.807, 2.05) is 0 Å². The van der Waals surface area contributed by atoms with Crippen LogP contribution in [0.2, 0.25) is 0 Å². The van der Waals surface area contributed by atoms with Gasteiger partial charge in [-0.05, 0) is 74.5 Å². The van der Waals surface area contributed by atoms with E-state index >= 15 is 0 Å². The van der Waals surface area contributed by atoms with E-state index in [1.165, 1.54) is 38.5 Å². The summed E-state index contributed by atoms with van der Waals surface area (Å²) in [6.07, 6.45) is 13.3. The lowest BCUT2D eigenvalue weighted by Crippen LogP contribution is -2.49. The number of anilines is 1. The van der Waals surface area contributed by atoms with Crippen LogP contribution in [-0.4, -0.2) is 61.2 Å². The van der Waals surface area contributed by atoms with Crippen molar-refractivity contribution in [2.24, 2.45) is 23.2 Å². The summed E-state index contributed by atoms with van der Waals surface area (Å²) in [5, 5.41) is 13.5. The van der Waals surface area contributed by atoms with Crippen molar-refractivity contribution in [3.8, 4) is 0 Å². The van der Waals surface area contributed by atoms with Crippen molar-refractivity contribution in [1.29, 1.82) is 0 Å². The summed E-state index contributed by atoms with van der Waals surface area (Å²) in [4.78, 5) is 25.8. The predicted octanol–water partition coefficient (Wildman–Crippen LogP) is 3.88. The molecule has 2 aromatic heterocycles. The second kappa shape index (κ2) is 8.10. The van der Waals surface area contributed by atoms with Crippen LogP contribution in [0.25, 0.3) is 11.2 Å². The first kappa shape index (κ1) is 22.7. The largest absolute Gasteiger partial charge is 0.479 e. The Morgan fingerprint density at radius 1 is 1.00 bits per heavy atom. The first-order chi connectivity index (χ1) is 18.0. The summed E-state index contributed by atoms with van der Waals surface area (Å²) >= 11 is 0. The van der Waals surface area contributed by atoms with Crippen LogP contribution < -0.4 is 5.32 Å². The summed E-state index contributed by atoms with van der Waals surface area (Å²) in [7, 11) is 0. The van der Waals surface area contributed by atoms with E-state index in [9.17, 15) is 9.90 Å². The van der Waals surface area contributed by atoms with Gasteiger partial charge in [-0.1, -0.05) is 6.42 Å². The van der Waals surface area contributed by atoms with Crippen LogP contribution in [0.1, 0.15) is 76.9 Å². The molecule has 10 nitrogen and oxygen atoms in total. The maximum atomic E-state index is 12.1. The van der Waals surface area contributed by atoms with Gasteiger partial charge in [0, 0.05) is 19.4 Å². The van der Waals surface area contributed by atoms with E-state index in [0.717, 1.165) is 62.2 Å². The lowest BCUT2D eigenvalue weighted by atomic mass is 9.49. The van der Waals surface area contributed by atoms with E-state index in [4.69, 9.17) is 14.2 Å². The number of hydrogen-bond donors (Lipinski definition) is 2. The van der Waals surface area contributed by atoms with Crippen molar-refractivity contribution >= 4 is 23.0 Å². The summed E-state index contributed by atoms with van der Waals surface area (Å²) in [5.41, 5.74) is 1.66. The third-order valence-electron chi connectivity index (χ3n) is 10.2. The lowest BCUT2D eigenvalue weighted by molar-refractivity contribution is -0.231. The molecule has 0 radical (unpaired) electrons. The van der Waals surface area contributed by atoms with Crippen LogP contribution in [-0.2, 0) is 19.0 Å². The van der Waals surface area contributed by atoms with Crippen LogP contribution in [0.4, 0.5) is 5.82 Å². The fraction of sp³-hybridized carbons (Fsp3) is 0.778. The van der Waals surface area contributed by atoms with Gasteiger partial charge in [0.2, 0.25) is 0 Å². The van der Waals surface area contributed by atoms with Crippen LogP contribution in [0.3, 0.4) is 0 Å². The van der Waals surface area contributed by atoms with Gasteiger partial charge in [-0.25, -0.2) is 19.7 Å². The Kier molecular flexibility index (Phi) is 4.96. The monoisotopic (exact) mass is 509 g/mol. The number of aromatic nitrogens is 4. The molecule has 2 N–H and O–H groups in total. The van der Waals surface area contributed by atoms with Gasteiger partial charge in [0.15, 0.2) is 35.1 Å². The molecule has 10 heteroatoms. The zero-order chi connectivity index (χ0) is 24.8. The molecule has 4 heterocycles. The number of nitrogens with one attached hydrogen (secondary N) is 1. The summed E-state index contributed by atoms with van der Waals surface area (Å²) in [5.74, 6) is 1.68. The summed E-state index contributed by atoms with van der Waals surface area (Å²) in [6, 6.07) is 0. The second-order valence-electron chi connectivity index (χ2n) is 12.7. The van der Waals surface area contributed by atoms with Crippen LogP contribution in [0.15, 0.2) is 12.7 Å². The molecule has 9 rings (SSSR count). The first-order valence-corrected chi connectivity index (χ1v) is 14.2. The van der Waals surface area contributed by atoms with Crippen molar-refractivity contribution < 1.29 is 24.1 Å². The quantitative estimate of drug-likeness (QED) is 0.618. The number of imidazole rings is 1. The maximum absolute atomic E-state index is 12.1. The molecule has 37 heavy (non-hydrogen) atoms. The molecule has 0 amide bonds. The standard InChI is InChI=1S/C27H35N5O5/c33-25(34)21-19-20(37-27(36-19)4-2-1-3-5-27)24(35-21)32-14-31-18-22(29-13-30-23(18)32)28-12-26-9-15-6-16(10-26)8-17(7-15)11-26/h13-17,19-21,24H,1-12H2,(H,33,34)(H,28,29,30)/t15?,16?,17?,19-,20?,21+,24-,26?/m1/s1. The minimum atomic E-state index is -1.09. The zero-order valence-corrected chi connectivity index (χ0v) is 21.1. The molecule has 2 aliphatic heterocycles. The third-order valence-corrected chi connectivity index (χ3v) is 10.2. The van der Waals surface area contributed by atoms with Gasteiger partial charge in [0.05, 0.1) is 6.33 Å². The van der Waals surface area contributed by atoms with Crippen molar-refractivity contribution in [2.45, 2.75) is 101 Å². The number of carbonyl (C=O) groups is 1. The van der Waals surface area contributed by atoms with E-state index in [2.05, 4.69) is 20.3 Å². The van der Waals surface area contributed by atoms with Gasteiger partial charge in [-0.3, -0.25) is 4.57 Å². The second-order valence-corrected chi connectivity index (χ2v) is 12.7. The molecule has 1 unspecified atom stereocenters. The number of carboxylic acids is 1. The number of rotatable bonds is 5. The number of nitrogens with zero attached hydrogens (tertiary/aromatic N) is 4. The Balaban J connectivity index is 1.07. The van der Waals surface area contributed by atoms with Crippen molar-refractivity contribution in [3.05, 3.63) is 12.7 Å². The Hall–Kier alpha value is -2.30. The van der Waals surface area contributed by atoms with Crippen LogP contribution >= 0.6 is 0 Å². The molecule has 4 bridgehead atoms.